The Morgan fingerprint density at radius 1 is 1.19 bits per heavy atom. The molecule has 2 heterocycles. The van der Waals surface area contributed by atoms with Gasteiger partial charge in [0, 0.05) is 41.8 Å². The fraction of sp³-hybridized carbons (Fsp3) is 0.231. The molecule has 0 aliphatic rings. The first-order valence-corrected chi connectivity index (χ1v) is 11.5. The minimum absolute atomic E-state index is 0.0364. The summed E-state index contributed by atoms with van der Waals surface area (Å²) < 4.78 is 35.5. The van der Waals surface area contributed by atoms with Crippen molar-refractivity contribution in [2.24, 2.45) is 0 Å². The van der Waals surface area contributed by atoms with Crippen LogP contribution in [0.1, 0.15) is 29.8 Å². The van der Waals surface area contributed by atoms with E-state index >= 15 is 0 Å². The summed E-state index contributed by atoms with van der Waals surface area (Å²) in [6.45, 7) is 5.78. The van der Waals surface area contributed by atoms with Crippen LogP contribution in [-0.2, 0) is 0 Å². The highest BCUT2D eigenvalue weighted by atomic mass is 19.2. The van der Waals surface area contributed by atoms with E-state index in [1.165, 1.54) is 31.6 Å². The highest BCUT2D eigenvalue weighted by Crippen LogP contribution is 2.31. The largest absolute Gasteiger partial charge is 0.494 e. The maximum atomic E-state index is 14.7. The summed E-state index contributed by atoms with van der Waals surface area (Å²) in [4.78, 5) is 21.4. The van der Waals surface area contributed by atoms with Gasteiger partial charge in [0.25, 0.3) is 5.91 Å². The van der Waals surface area contributed by atoms with Crippen LogP contribution in [0, 0.1) is 24.0 Å². The summed E-state index contributed by atoms with van der Waals surface area (Å²) in [5.41, 5.74) is 2.75. The van der Waals surface area contributed by atoms with Crippen LogP contribution >= 0.6 is 0 Å². The molecule has 37 heavy (non-hydrogen) atoms. The summed E-state index contributed by atoms with van der Waals surface area (Å²) in [7, 11) is 1.27. The lowest BCUT2D eigenvalue weighted by molar-refractivity contribution is 0.0940. The molecule has 4 aromatic rings. The van der Waals surface area contributed by atoms with Crippen LogP contribution in [0.25, 0.3) is 16.9 Å². The summed E-state index contributed by atoms with van der Waals surface area (Å²) in [6, 6.07) is 7.91. The van der Waals surface area contributed by atoms with Crippen molar-refractivity contribution in [2.45, 2.75) is 26.8 Å². The predicted molar refractivity (Wildman–Crippen MR) is 138 cm³/mol. The Morgan fingerprint density at radius 3 is 2.68 bits per heavy atom. The van der Waals surface area contributed by atoms with E-state index < -0.39 is 11.6 Å². The van der Waals surface area contributed by atoms with Gasteiger partial charge in [-0.25, -0.2) is 14.4 Å². The zero-order valence-corrected chi connectivity index (χ0v) is 20.8. The first-order chi connectivity index (χ1) is 17.7. The lowest BCUT2D eigenvalue weighted by Crippen LogP contribution is -2.41. The average Bonchev–Trinajstić information content (AvgIpc) is 3.29. The number of benzene rings is 2. The molecule has 192 valence electrons. The van der Waals surface area contributed by atoms with Crippen LogP contribution < -0.4 is 20.7 Å². The molecule has 4 rings (SSSR count). The smallest absolute Gasteiger partial charge is 0.251 e. The number of hydrogen-bond acceptors (Lipinski definition) is 6. The van der Waals surface area contributed by atoms with E-state index in [4.69, 9.17) is 10.1 Å². The molecule has 0 spiro atoms. The molecule has 0 radical (unpaired) electrons. The summed E-state index contributed by atoms with van der Waals surface area (Å²) in [5.74, 6) is -1.76. The normalized spacial score (nSPS) is 11.7. The van der Waals surface area contributed by atoms with E-state index in [2.05, 4.69) is 25.9 Å². The number of halogens is 2. The summed E-state index contributed by atoms with van der Waals surface area (Å²) >= 11 is 0. The Hall–Kier alpha value is -4.54. The number of carbonyl (C=O) groups excluding carboxylic acids is 1. The van der Waals surface area contributed by atoms with E-state index in [0.717, 1.165) is 5.56 Å². The monoisotopic (exact) mass is 507 g/mol. The van der Waals surface area contributed by atoms with Crippen molar-refractivity contribution in [3.05, 3.63) is 71.7 Å². The Labute approximate surface area is 212 Å². The van der Waals surface area contributed by atoms with Crippen molar-refractivity contribution >= 4 is 28.9 Å². The highest BCUT2D eigenvalue weighted by Gasteiger charge is 2.19. The van der Waals surface area contributed by atoms with Crippen molar-refractivity contribution in [2.75, 3.05) is 19.0 Å². The number of imidazole rings is 1. The first-order valence-electron chi connectivity index (χ1n) is 11.5. The zero-order valence-electron chi connectivity index (χ0n) is 20.8. The number of hydrogen-bond donors (Lipinski definition) is 4. The molecule has 0 saturated carbocycles. The van der Waals surface area contributed by atoms with Gasteiger partial charge in [-0.1, -0.05) is 0 Å². The van der Waals surface area contributed by atoms with Crippen LogP contribution in [0.3, 0.4) is 0 Å². The number of nitrogens with one attached hydrogen (secondary N) is 4. The maximum Gasteiger partial charge on any atom is 0.251 e. The van der Waals surface area contributed by atoms with Gasteiger partial charge < -0.3 is 20.7 Å². The fourth-order valence-corrected chi connectivity index (χ4v) is 3.89. The third-order valence-corrected chi connectivity index (χ3v) is 5.76. The minimum Gasteiger partial charge on any atom is -0.494 e. The van der Waals surface area contributed by atoms with Crippen LogP contribution in [0.5, 0.6) is 5.75 Å². The van der Waals surface area contributed by atoms with Crippen LogP contribution in [-0.4, -0.2) is 45.8 Å². The lowest BCUT2D eigenvalue weighted by atomic mass is 10.1. The van der Waals surface area contributed by atoms with Gasteiger partial charge in [0.15, 0.2) is 23.0 Å². The number of fused-ring (bicyclic) bond motifs is 1. The number of aryl methyl sites for hydroxylation is 1. The lowest BCUT2D eigenvalue weighted by Gasteiger charge is -2.16. The van der Waals surface area contributed by atoms with E-state index in [9.17, 15) is 13.6 Å². The molecule has 2 aromatic carbocycles. The van der Waals surface area contributed by atoms with Gasteiger partial charge in [-0.05, 0) is 56.7 Å². The number of methoxy groups -OCH3 is 1. The van der Waals surface area contributed by atoms with Crippen LogP contribution in [0.15, 0.2) is 48.9 Å². The Kier molecular flexibility index (Phi) is 7.32. The second-order valence-electron chi connectivity index (χ2n) is 8.59. The Morgan fingerprint density at radius 2 is 1.97 bits per heavy atom. The minimum atomic E-state index is -1.07. The molecular weight excluding hydrogens is 480 g/mol. The highest BCUT2D eigenvalue weighted by molar-refractivity contribution is 5.96. The van der Waals surface area contributed by atoms with Gasteiger partial charge in [0.05, 0.1) is 24.8 Å². The second-order valence-corrected chi connectivity index (χ2v) is 8.59. The molecule has 0 bridgehead atoms. The third kappa shape index (κ3) is 5.35. The van der Waals surface area contributed by atoms with Crippen molar-refractivity contribution in [1.29, 1.82) is 5.41 Å². The summed E-state index contributed by atoms with van der Waals surface area (Å²) in [6.07, 6.45) is 4.58. The molecule has 9 nitrogen and oxygen atoms in total. The molecule has 4 N–H and O–H groups in total. The average molecular weight is 508 g/mol. The fourth-order valence-electron chi connectivity index (χ4n) is 3.89. The van der Waals surface area contributed by atoms with E-state index in [0.29, 0.717) is 40.8 Å². The van der Waals surface area contributed by atoms with Gasteiger partial charge in [-0.2, -0.15) is 4.39 Å². The molecule has 0 fully saturated rings. The topological polar surface area (TPSA) is 116 Å². The molecule has 1 amide bonds. The number of anilines is 2. The quantitative estimate of drug-likeness (QED) is 0.207. The number of rotatable bonds is 8. The maximum absolute atomic E-state index is 14.7. The molecule has 0 unspecified atom stereocenters. The number of aromatic nitrogens is 3. The predicted octanol–water partition coefficient (Wildman–Crippen LogP) is 4.44. The molecule has 0 aliphatic heterocycles. The van der Waals surface area contributed by atoms with E-state index in [-0.39, 0.29) is 23.3 Å². The van der Waals surface area contributed by atoms with Gasteiger partial charge in [-0.3, -0.25) is 14.6 Å². The molecule has 0 aliphatic carbocycles. The zero-order chi connectivity index (χ0) is 26.7. The van der Waals surface area contributed by atoms with E-state index in [1.54, 1.807) is 29.7 Å². The van der Waals surface area contributed by atoms with Crippen LogP contribution in [0.4, 0.5) is 20.3 Å². The van der Waals surface area contributed by atoms with Gasteiger partial charge in [0.1, 0.15) is 0 Å². The van der Waals surface area contributed by atoms with Crippen molar-refractivity contribution < 1.29 is 18.3 Å². The first kappa shape index (κ1) is 25.5. The van der Waals surface area contributed by atoms with Crippen LogP contribution in [0.2, 0.25) is 0 Å². The Bertz CT molecular complexity index is 1490. The van der Waals surface area contributed by atoms with Crippen molar-refractivity contribution in [3.8, 4) is 17.0 Å². The summed E-state index contributed by atoms with van der Waals surface area (Å²) in [5, 5.41) is 16.4. The molecule has 0 saturated heterocycles. The number of amides is 1. The molecule has 1 atom stereocenters. The van der Waals surface area contributed by atoms with Gasteiger partial charge in [0.2, 0.25) is 5.82 Å². The van der Waals surface area contributed by atoms with Crippen molar-refractivity contribution in [3.63, 3.8) is 0 Å². The third-order valence-electron chi connectivity index (χ3n) is 5.76. The van der Waals surface area contributed by atoms with E-state index in [1.807, 2.05) is 19.9 Å². The van der Waals surface area contributed by atoms with Gasteiger partial charge in [-0.15, -0.1) is 0 Å². The molecular formula is C26H27F2N7O2. The standard InChI is InChI=1S/C26H27F2N7O2/c1-14-11-17(5-6-18(14)26(36)33-15(2)12-31-16(3)29)34-24-25-32-13-20(35(25)10-9-30-24)19-7-8-21(37-4)23(28)22(19)27/h5-11,13,15H,12H2,1-4H3,(H2,29,31)(H,30,34)(H,33,36)/t15-/m1/s1. The molecule has 2 aromatic heterocycles. The SMILES string of the molecule is COc1ccc(-c2cnc3c(Nc4ccc(C(=O)N[C@H](C)CNC(C)=N)c(C)c4)nccn23)c(F)c1F. The number of carbonyl (C=O) groups is 1. The Balaban J connectivity index is 1.57. The number of nitrogens with zero attached hydrogens (tertiary/aromatic N) is 3. The molecule has 11 heteroatoms. The van der Waals surface area contributed by atoms with Crippen molar-refractivity contribution in [1.82, 2.24) is 25.0 Å². The van der Waals surface area contributed by atoms with Gasteiger partial charge >= 0.3 is 0 Å². The number of amidine groups is 1. The second kappa shape index (κ2) is 10.6. The number of ether oxygens (including phenoxy) is 1.